The van der Waals surface area contributed by atoms with Crippen molar-refractivity contribution in [1.29, 1.82) is 0 Å². The molecule has 0 bridgehead atoms. The predicted molar refractivity (Wildman–Crippen MR) is 116 cm³/mol. The molecule has 0 aliphatic carbocycles. The Morgan fingerprint density at radius 2 is 1.81 bits per heavy atom. The van der Waals surface area contributed by atoms with Gasteiger partial charge in [-0.2, -0.15) is 0 Å². The van der Waals surface area contributed by atoms with Crippen molar-refractivity contribution in [2.75, 3.05) is 5.84 Å². The molecule has 11 heteroatoms. The molecule has 0 saturated heterocycles. The SMILES string of the molecule is CCn1c(=O)c2ccccc2n2c(CSc3nnc(-c4ccccc4F)n3N)nnc12. The molecule has 3 aromatic heterocycles. The molecule has 0 aliphatic heterocycles. The van der Waals surface area contributed by atoms with Gasteiger partial charge in [0.1, 0.15) is 11.6 Å². The highest BCUT2D eigenvalue weighted by molar-refractivity contribution is 7.98. The van der Waals surface area contributed by atoms with E-state index in [0.717, 1.165) is 5.52 Å². The van der Waals surface area contributed by atoms with Crippen molar-refractivity contribution in [1.82, 2.24) is 34.0 Å². The second-order valence-electron chi connectivity index (χ2n) is 6.76. The lowest BCUT2D eigenvalue weighted by atomic mass is 10.2. The summed E-state index contributed by atoms with van der Waals surface area (Å²) in [5.41, 5.74) is 0.901. The van der Waals surface area contributed by atoms with Gasteiger partial charge in [-0.3, -0.25) is 13.8 Å². The summed E-state index contributed by atoms with van der Waals surface area (Å²) in [5.74, 6) is 7.42. The first-order valence-electron chi connectivity index (χ1n) is 9.54. The maximum Gasteiger partial charge on any atom is 0.262 e. The molecule has 3 heterocycles. The number of nitrogens with zero attached hydrogens (tertiary/aromatic N) is 7. The molecule has 5 aromatic rings. The monoisotopic (exact) mass is 436 g/mol. The number of rotatable bonds is 5. The van der Waals surface area contributed by atoms with Crippen LogP contribution in [0.25, 0.3) is 28.1 Å². The first-order valence-corrected chi connectivity index (χ1v) is 10.5. The molecule has 2 N–H and O–H groups in total. The normalized spacial score (nSPS) is 11.5. The molecule has 0 amide bonds. The van der Waals surface area contributed by atoms with Crippen LogP contribution in [0.2, 0.25) is 0 Å². The third kappa shape index (κ3) is 3.05. The minimum Gasteiger partial charge on any atom is -0.335 e. The number of nitrogens with two attached hydrogens (primary N) is 1. The van der Waals surface area contributed by atoms with Crippen molar-refractivity contribution in [3.63, 3.8) is 0 Å². The fourth-order valence-corrected chi connectivity index (χ4v) is 4.29. The lowest BCUT2D eigenvalue weighted by Crippen LogP contribution is -2.22. The smallest absolute Gasteiger partial charge is 0.262 e. The van der Waals surface area contributed by atoms with Crippen molar-refractivity contribution in [3.8, 4) is 11.4 Å². The molecule has 31 heavy (non-hydrogen) atoms. The molecule has 0 spiro atoms. The largest absolute Gasteiger partial charge is 0.335 e. The Morgan fingerprint density at radius 1 is 1.03 bits per heavy atom. The molecular formula is C20H17FN8OS. The van der Waals surface area contributed by atoms with Crippen molar-refractivity contribution >= 4 is 28.4 Å². The summed E-state index contributed by atoms with van der Waals surface area (Å²) < 4.78 is 18.8. The molecule has 2 aromatic carbocycles. The van der Waals surface area contributed by atoms with Crippen LogP contribution >= 0.6 is 11.8 Å². The molecule has 9 nitrogen and oxygen atoms in total. The summed E-state index contributed by atoms with van der Waals surface area (Å²) in [5, 5.41) is 17.7. The topological polar surface area (TPSA) is 109 Å². The summed E-state index contributed by atoms with van der Waals surface area (Å²) in [6.45, 7) is 2.36. The van der Waals surface area contributed by atoms with E-state index in [9.17, 15) is 9.18 Å². The zero-order valence-corrected chi connectivity index (χ0v) is 17.3. The second kappa shape index (κ2) is 7.51. The van der Waals surface area contributed by atoms with Gasteiger partial charge in [-0.15, -0.1) is 20.4 Å². The van der Waals surface area contributed by atoms with E-state index in [1.54, 1.807) is 28.8 Å². The van der Waals surface area contributed by atoms with Crippen LogP contribution in [0.15, 0.2) is 58.5 Å². The predicted octanol–water partition coefficient (Wildman–Crippen LogP) is 2.47. The summed E-state index contributed by atoms with van der Waals surface area (Å²) in [7, 11) is 0. The number of thioether (sulfide) groups is 1. The van der Waals surface area contributed by atoms with Crippen molar-refractivity contribution in [2.24, 2.45) is 0 Å². The number of fused-ring (bicyclic) bond motifs is 3. The van der Waals surface area contributed by atoms with Crippen LogP contribution in [-0.4, -0.2) is 34.0 Å². The Bertz CT molecular complexity index is 1490. The molecule has 0 atom stereocenters. The fraction of sp³-hybridized carbons (Fsp3) is 0.150. The number of para-hydroxylation sites is 1. The van der Waals surface area contributed by atoms with Gasteiger partial charge in [0.2, 0.25) is 10.9 Å². The number of nitrogen functional groups attached to an aromatic ring is 1. The minimum absolute atomic E-state index is 0.103. The lowest BCUT2D eigenvalue weighted by molar-refractivity contribution is 0.629. The zero-order valence-electron chi connectivity index (χ0n) is 16.4. The van der Waals surface area contributed by atoms with Gasteiger partial charge in [-0.25, -0.2) is 9.07 Å². The van der Waals surface area contributed by atoms with Gasteiger partial charge in [0.15, 0.2) is 5.82 Å². The third-order valence-corrected chi connectivity index (χ3v) is 5.94. The van der Waals surface area contributed by atoms with Crippen LogP contribution in [-0.2, 0) is 12.3 Å². The van der Waals surface area contributed by atoms with Gasteiger partial charge in [0, 0.05) is 6.54 Å². The minimum atomic E-state index is -0.425. The summed E-state index contributed by atoms with van der Waals surface area (Å²) in [6, 6.07) is 13.6. The van der Waals surface area contributed by atoms with E-state index in [2.05, 4.69) is 20.4 Å². The maximum atomic E-state index is 14.1. The summed E-state index contributed by atoms with van der Waals surface area (Å²) >= 11 is 1.30. The quantitative estimate of drug-likeness (QED) is 0.333. The van der Waals surface area contributed by atoms with Crippen LogP contribution in [0, 0.1) is 5.82 Å². The molecule has 0 saturated carbocycles. The molecule has 0 unspecified atom stereocenters. The van der Waals surface area contributed by atoms with Crippen LogP contribution in [0.5, 0.6) is 0 Å². The summed E-state index contributed by atoms with van der Waals surface area (Å²) in [4.78, 5) is 12.8. The van der Waals surface area contributed by atoms with E-state index in [-0.39, 0.29) is 16.9 Å². The average Bonchev–Trinajstić information content (AvgIpc) is 3.37. The third-order valence-electron chi connectivity index (χ3n) is 5.00. The van der Waals surface area contributed by atoms with Crippen LogP contribution in [0.1, 0.15) is 12.7 Å². The first kappa shape index (κ1) is 19.2. The Hall–Kier alpha value is -3.73. The van der Waals surface area contributed by atoms with Gasteiger partial charge in [0.25, 0.3) is 5.56 Å². The number of benzene rings is 2. The highest BCUT2D eigenvalue weighted by atomic mass is 32.2. The van der Waals surface area contributed by atoms with Crippen LogP contribution < -0.4 is 11.4 Å². The number of aromatic nitrogens is 7. The molecule has 156 valence electrons. The zero-order chi connectivity index (χ0) is 21.5. The maximum absolute atomic E-state index is 14.1. The molecular weight excluding hydrogens is 419 g/mol. The molecule has 0 aliphatic rings. The lowest BCUT2D eigenvalue weighted by Gasteiger charge is -2.09. The Morgan fingerprint density at radius 3 is 2.61 bits per heavy atom. The standard InChI is InChI=1S/C20H17FN8OS/c1-2-27-18(30)13-8-4-6-10-15(13)28-16(23-25-19(27)28)11-31-20-26-24-17(29(20)22)12-7-3-5-9-14(12)21/h3-10H,2,11,22H2,1H3. The van der Waals surface area contributed by atoms with E-state index in [0.29, 0.717) is 34.4 Å². The van der Waals surface area contributed by atoms with E-state index in [1.807, 2.05) is 29.5 Å². The highest BCUT2D eigenvalue weighted by Gasteiger charge is 2.19. The van der Waals surface area contributed by atoms with E-state index in [1.165, 1.54) is 22.5 Å². The average molecular weight is 436 g/mol. The van der Waals surface area contributed by atoms with Crippen molar-refractivity contribution in [3.05, 3.63) is 70.5 Å². The van der Waals surface area contributed by atoms with Gasteiger partial charge < -0.3 is 5.84 Å². The molecule has 0 fully saturated rings. The Kier molecular flexibility index (Phi) is 4.66. The van der Waals surface area contributed by atoms with Crippen molar-refractivity contribution in [2.45, 2.75) is 24.4 Å². The van der Waals surface area contributed by atoms with Gasteiger partial charge >= 0.3 is 0 Å². The number of halogens is 1. The highest BCUT2D eigenvalue weighted by Crippen LogP contribution is 2.26. The van der Waals surface area contributed by atoms with Gasteiger partial charge in [-0.1, -0.05) is 36.0 Å². The second-order valence-corrected chi connectivity index (χ2v) is 7.71. The molecule has 5 rings (SSSR count). The Balaban J connectivity index is 1.54. The summed E-state index contributed by atoms with van der Waals surface area (Å²) in [6.07, 6.45) is 0. The fourth-order valence-electron chi connectivity index (χ4n) is 3.52. The van der Waals surface area contributed by atoms with E-state index >= 15 is 0 Å². The number of hydrogen-bond donors (Lipinski definition) is 1. The molecule has 0 radical (unpaired) electrons. The van der Waals surface area contributed by atoms with Gasteiger partial charge in [0.05, 0.1) is 22.2 Å². The number of aryl methyl sites for hydroxylation is 1. The van der Waals surface area contributed by atoms with E-state index in [4.69, 9.17) is 5.84 Å². The van der Waals surface area contributed by atoms with Crippen molar-refractivity contribution < 1.29 is 4.39 Å². The van der Waals surface area contributed by atoms with Crippen LogP contribution in [0.3, 0.4) is 0 Å². The van der Waals surface area contributed by atoms with Crippen LogP contribution in [0.4, 0.5) is 4.39 Å². The first-order chi connectivity index (χ1) is 15.1. The van der Waals surface area contributed by atoms with Gasteiger partial charge in [-0.05, 0) is 31.2 Å². The Labute approximate surface area is 179 Å². The van der Waals surface area contributed by atoms with E-state index < -0.39 is 5.82 Å². The number of hydrogen-bond acceptors (Lipinski definition) is 7.